The summed E-state index contributed by atoms with van der Waals surface area (Å²) in [6, 6.07) is 6.78. The van der Waals surface area contributed by atoms with E-state index < -0.39 is 11.7 Å². The molecule has 0 saturated carbocycles. The van der Waals surface area contributed by atoms with Gasteiger partial charge in [-0.15, -0.1) is 0 Å². The quantitative estimate of drug-likeness (QED) is 0.383. The topological polar surface area (TPSA) is 115 Å². The zero-order valence-corrected chi connectivity index (χ0v) is 23.6. The number of nitrogens with zero attached hydrogens (tertiary/aromatic N) is 2. The highest BCUT2D eigenvalue weighted by Crippen LogP contribution is 2.18. The third-order valence-corrected chi connectivity index (χ3v) is 6.19. The molecule has 204 valence electrons. The van der Waals surface area contributed by atoms with Crippen molar-refractivity contribution in [1.82, 2.24) is 20.2 Å². The second kappa shape index (κ2) is 12.5. The van der Waals surface area contributed by atoms with Crippen LogP contribution in [0.3, 0.4) is 0 Å². The molecular formula is C27H32Cl2N4O5. The lowest BCUT2D eigenvalue weighted by Gasteiger charge is -2.20. The molecule has 0 aliphatic rings. The lowest BCUT2D eigenvalue weighted by molar-refractivity contribution is -0.120. The van der Waals surface area contributed by atoms with Crippen molar-refractivity contribution in [3.05, 3.63) is 84.9 Å². The van der Waals surface area contributed by atoms with Gasteiger partial charge in [-0.3, -0.25) is 9.59 Å². The number of hydrogen-bond donors (Lipinski definition) is 2. The number of amides is 2. The number of benzene rings is 1. The summed E-state index contributed by atoms with van der Waals surface area (Å²) < 4.78 is 12.2. The van der Waals surface area contributed by atoms with Crippen molar-refractivity contribution < 1.29 is 18.7 Å². The van der Waals surface area contributed by atoms with E-state index in [0.717, 1.165) is 16.8 Å². The second-order valence-corrected chi connectivity index (χ2v) is 10.7. The molecule has 9 nitrogen and oxygen atoms in total. The smallest absolute Gasteiger partial charge is 0.407 e. The summed E-state index contributed by atoms with van der Waals surface area (Å²) in [5, 5.41) is 6.23. The summed E-state index contributed by atoms with van der Waals surface area (Å²) in [5.74, 6) is 0.906. The van der Waals surface area contributed by atoms with E-state index >= 15 is 0 Å². The average Bonchev–Trinajstić information content (AvgIpc) is 3.14. The summed E-state index contributed by atoms with van der Waals surface area (Å²) in [7, 11) is 0. The van der Waals surface area contributed by atoms with Crippen molar-refractivity contribution in [2.45, 2.75) is 72.7 Å². The first-order valence-electron chi connectivity index (χ1n) is 12.1. The van der Waals surface area contributed by atoms with E-state index in [1.54, 1.807) is 58.2 Å². The van der Waals surface area contributed by atoms with Gasteiger partial charge in [-0.1, -0.05) is 29.3 Å². The predicted octanol–water partition coefficient (Wildman–Crippen LogP) is 4.89. The van der Waals surface area contributed by atoms with Gasteiger partial charge in [0.2, 0.25) is 5.91 Å². The normalized spacial score (nSPS) is 11.3. The number of rotatable bonds is 9. The summed E-state index contributed by atoms with van der Waals surface area (Å²) in [6.45, 7) is 9.64. The van der Waals surface area contributed by atoms with E-state index in [2.05, 4.69) is 15.6 Å². The Bertz CT molecular complexity index is 1370. The molecule has 0 atom stereocenters. The molecular weight excluding hydrogens is 531 g/mol. The van der Waals surface area contributed by atoms with Gasteiger partial charge in [0.15, 0.2) is 5.89 Å². The highest BCUT2D eigenvalue weighted by atomic mass is 35.5. The van der Waals surface area contributed by atoms with Crippen LogP contribution >= 0.6 is 23.2 Å². The van der Waals surface area contributed by atoms with Crippen LogP contribution in [0.2, 0.25) is 10.0 Å². The van der Waals surface area contributed by atoms with Gasteiger partial charge in [-0.2, -0.15) is 0 Å². The number of carbonyl (C=O) groups excluding carboxylic acids is 2. The van der Waals surface area contributed by atoms with Crippen LogP contribution in [0.5, 0.6) is 0 Å². The fourth-order valence-corrected chi connectivity index (χ4v) is 4.19. The van der Waals surface area contributed by atoms with E-state index in [4.69, 9.17) is 32.4 Å². The molecule has 2 amide bonds. The molecule has 0 radical (unpaired) electrons. The maximum absolute atomic E-state index is 13.0. The Labute approximate surface area is 231 Å². The molecule has 0 spiro atoms. The molecule has 1 aromatic carbocycles. The third kappa shape index (κ3) is 8.36. The maximum atomic E-state index is 13.0. The van der Waals surface area contributed by atoms with Gasteiger partial charge in [0.25, 0.3) is 5.56 Å². The minimum atomic E-state index is -0.619. The zero-order valence-electron chi connectivity index (χ0n) is 22.1. The minimum Gasteiger partial charge on any atom is -0.446 e. The molecule has 0 saturated heterocycles. The molecule has 38 heavy (non-hydrogen) atoms. The van der Waals surface area contributed by atoms with Crippen LogP contribution in [-0.4, -0.2) is 27.2 Å². The molecule has 0 unspecified atom stereocenters. The van der Waals surface area contributed by atoms with Crippen LogP contribution in [0.15, 0.2) is 39.7 Å². The highest BCUT2D eigenvalue weighted by Gasteiger charge is 2.17. The fraction of sp³-hybridized carbons (Fsp3) is 0.407. The number of carbonyl (C=O) groups is 2. The van der Waals surface area contributed by atoms with Crippen molar-refractivity contribution in [3.8, 4) is 0 Å². The average molecular weight is 563 g/mol. The van der Waals surface area contributed by atoms with Crippen molar-refractivity contribution >= 4 is 35.2 Å². The van der Waals surface area contributed by atoms with Crippen molar-refractivity contribution in [3.63, 3.8) is 0 Å². The Kier molecular flexibility index (Phi) is 9.62. The van der Waals surface area contributed by atoms with Crippen LogP contribution in [0, 0.1) is 13.8 Å². The van der Waals surface area contributed by atoms with E-state index in [-0.39, 0.29) is 41.6 Å². The molecule has 2 aromatic heterocycles. The summed E-state index contributed by atoms with van der Waals surface area (Å²) in [4.78, 5) is 42.2. The SMILES string of the molecule is Cc1nc(CCn2ccc(Cl)c(CC(=O)NCc3cc(Cl)ccc3CNC(=O)OC(C)(C)C)c2=O)c(C)o1. The first kappa shape index (κ1) is 29.3. The number of pyridine rings is 1. The Morgan fingerprint density at radius 1 is 1.08 bits per heavy atom. The monoisotopic (exact) mass is 562 g/mol. The number of oxazole rings is 1. The Morgan fingerprint density at radius 3 is 2.45 bits per heavy atom. The number of hydrogen-bond acceptors (Lipinski definition) is 6. The number of alkyl carbamates (subject to hydrolysis) is 1. The lowest BCUT2D eigenvalue weighted by Crippen LogP contribution is -2.33. The minimum absolute atomic E-state index is 0.147. The molecule has 11 heteroatoms. The molecule has 0 bridgehead atoms. The van der Waals surface area contributed by atoms with E-state index in [9.17, 15) is 14.4 Å². The molecule has 0 aliphatic heterocycles. The van der Waals surface area contributed by atoms with Crippen LogP contribution in [0.4, 0.5) is 4.79 Å². The van der Waals surface area contributed by atoms with Gasteiger partial charge in [0, 0.05) is 49.8 Å². The van der Waals surface area contributed by atoms with Crippen LogP contribution in [0.1, 0.15) is 54.8 Å². The molecule has 3 aromatic rings. The summed E-state index contributed by atoms with van der Waals surface area (Å²) >= 11 is 12.4. The van der Waals surface area contributed by atoms with Gasteiger partial charge < -0.3 is 24.4 Å². The van der Waals surface area contributed by atoms with Gasteiger partial charge in [0.1, 0.15) is 11.4 Å². The molecule has 2 N–H and O–H groups in total. The van der Waals surface area contributed by atoms with E-state index in [0.29, 0.717) is 29.6 Å². The second-order valence-electron chi connectivity index (χ2n) is 9.85. The first-order chi connectivity index (χ1) is 17.8. The van der Waals surface area contributed by atoms with Gasteiger partial charge in [-0.05, 0) is 57.0 Å². The van der Waals surface area contributed by atoms with E-state index in [1.165, 1.54) is 4.57 Å². The van der Waals surface area contributed by atoms with Crippen molar-refractivity contribution in [1.29, 1.82) is 0 Å². The Balaban J connectivity index is 1.64. The highest BCUT2D eigenvalue weighted by molar-refractivity contribution is 6.31. The fourth-order valence-electron chi connectivity index (χ4n) is 3.80. The third-order valence-electron chi connectivity index (χ3n) is 5.60. The largest absolute Gasteiger partial charge is 0.446 e. The Morgan fingerprint density at radius 2 is 1.79 bits per heavy atom. The standard InChI is InChI=1S/C27H32Cl2N4O5/c1-16-23(32-17(2)37-16)9-11-33-10-8-22(29)21(25(33)35)13-24(34)30-15-19-12-20(28)7-6-18(19)14-31-26(36)38-27(3,4)5/h6-8,10,12H,9,11,13-15H2,1-5H3,(H,30,34)(H,31,36). The van der Waals surface area contributed by atoms with Crippen LogP contribution in [-0.2, 0) is 42.0 Å². The number of halogens is 2. The molecule has 0 aliphatic carbocycles. The summed E-state index contributed by atoms with van der Waals surface area (Å²) in [6.07, 6.45) is 1.37. The zero-order chi connectivity index (χ0) is 28.0. The molecule has 3 rings (SSSR count). The van der Waals surface area contributed by atoms with Crippen LogP contribution < -0.4 is 16.2 Å². The van der Waals surface area contributed by atoms with Gasteiger partial charge >= 0.3 is 6.09 Å². The number of nitrogens with one attached hydrogen (secondary N) is 2. The Hall–Kier alpha value is -3.30. The molecule has 0 fully saturated rings. The molecule has 2 heterocycles. The van der Waals surface area contributed by atoms with Crippen LogP contribution in [0.25, 0.3) is 0 Å². The van der Waals surface area contributed by atoms with Gasteiger partial charge in [0.05, 0.1) is 17.1 Å². The summed E-state index contributed by atoms with van der Waals surface area (Å²) in [5.41, 5.74) is 1.51. The lowest BCUT2D eigenvalue weighted by atomic mass is 10.1. The van der Waals surface area contributed by atoms with Crippen molar-refractivity contribution in [2.24, 2.45) is 0 Å². The van der Waals surface area contributed by atoms with Gasteiger partial charge in [-0.25, -0.2) is 9.78 Å². The maximum Gasteiger partial charge on any atom is 0.407 e. The number of aromatic nitrogens is 2. The number of ether oxygens (including phenoxy) is 1. The number of aryl methyl sites for hydroxylation is 4. The first-order valence-corrected chi connectivity index (χ1v) is 12.9. The van der Waals surface area contributed by atoms with Crippen molar-refractivity contribution in [2.75, 3.05) is 0 Å². The predicted molar refractivity (Wildman–Crippen MR) is 145 cm³/mol. The van der Waals surface area contributed by atoms with E-state index in [1.807, 2.05) is 6.92 Å².